The van der Waals surface area contributed by atoms with E-state index in [9.17, 15) is 4.79 Å². The fourth-order valence-corrected chi connectivity index (χ4v) is 1.33. The molecule has 5 nitrogen and oxygen atoms in total. The van der Waals surface area contributed by atoms with Crippen LogP contribution in [0.2, 0.25) is 0 Å². The second-order valence-corrected chi connectivity index (χ2v) is 3.97. The first-order valence-corrected chi connectivity index (χ1v) is 5.66. The standard InChI is InChI=1S/C12H16N4O/c1-2-7-13-10-5-6-11(14-8-10)16-12(17)15-9-3-4-9/h2,5-6,8-9,13H,1,3-4,7H2,(H2,14,15,16,17). The maximum atomic E-state index is 11.4. The summed E-state index contributed by atoms with van der Waals surface area (Å²) < 4.78 is 0. The zero-order valence-corrected chi connectivity index (χ0v) is 9.57. The minimum Gasteiger partial charge on any atom is -0.380 e. The van der Waals surface area contributed by atoms with Gasteiger partial charge in [0.05, 0.1) is 11.9 Å². The Morgan fingerprint density at radius 3 is 2.94 bits per heavy atom. The molecule has 5 heteroatoms. The average Bonchev–Trinajstić information content (AvgIpc) is 3.12. The Kier molecular flexibility index (Phi) is 3.59. The van der Waals surface area contributed by atoms with E-state index in [0.29, 0.717) is 18.4 Å². The first-order chi connectivity index (χ1) is 8.28. The monoisotopic (exact) mass is 232 g/mol. The molecule has 0 atom stereocenters. The number of pyridine rings is 1. The van der Waals surface area contributed by atoms with Crippen molar-refractivity contribution in [1.29, 1.82) is 0 Å². The first-order valence-electron chi connectivity index (χ1n) is 5.66. The highest BCUT2D eigenvalue weighted by Crippen LogP contribution is 2.18. The van der Waals surface area contributed by atoms with Crippen molar-refractivity contribution < 1.29 is 4.79 Å². The third-order valence-electron chi connectivity index (χ3n) is 2.37. The van der Waals surface area contributed by atoms with Crippen LogP contribution in [-0.4, -0.2) is 23.6 Å². The fraction of sp³-hybridized carbons (Fsp3) is 0.333. The molecule has 0 unspecified atom stereocenters. The Morgan fingerprint density at radius 2 is 2.35 bits per heavy atom. The van der Waals surface area contributed by atoms with Crippen molar-refractivity contribution in [2.75, 3.05) is 17.2 Å². The van der Waals surface area contributed by atoms with E-state index >= 15 is 0 Å². The normalized spacial score (nSPS) is 13.9. The maximum Gasteiger partial charge on any atom is 0.320 e. The molecule has 1 aromatic heterocycles. The molecule has 2 amide bonds. The Labute approximate surface area is 100 Å². The molecule has 1 fully saturated rings. The van der Waals surface area contributed by atoms with Gasteiger partial charge in [0.25, 0.3) is 0 Å². The predicted molar refractivity (Wildman–Crippen MR) is 68.1 cm³/mol. The number of urea groups is 1. The second kappa shape index (κ2) is 5.34. The van der Waals surface area contributed by atoms with Gasteiger partial charge in [-0.15, -0.1) is 6.58 Å². The Bertz CT molecular complexity index is 397. The number of carbonyl (C=O) groups is 1. The summed E-state index contributed by atoms with van der Waals surface area (Å²) in [6.45, 7) is 4.31. The Morgan fingerprint density at radius 1 is 1.53 bits per heavy atom. The molecule has 0 radical (unpaired) electrons. The first kappa shape index (κ1) is 11.4. The summed E-state index contributed by atoms with van der Waals surface area (Å²) in [5.41, 5.74) is 0.901. The average molecular weight is 232 g/mol. The molecule has 0 saturated heterocycles. The molecule has 3 N–H and O–H groups in total. The van der Waals surface area contributed by atoms with Gasteiger partial charge in [-0.2, -0.15) is 0 Å². The number of hydrogen-bond donors (Lipinski definition) is 3. The quantitative estimate of drug-likeness (QED) is 0.680. The summed E-state index contributed by atoms with van der Waals surface area (Å²) in [5.74, 6) is 0.548. The van der Waals surface area contributed by atoms with E-state index in [1.807, 2.05) is 6.07 Å². The lowest BCUT2D eigenvalue weighted by atomic mass is 10.4. The Balaban J connectivity index is 1.83. The molecule has 1 saturated carbocycles. The van der Waals surface area contributed by atoms with Crippen molar-refractivity contribution >= 4 is 17.5 Å². The van der Waals surface area contributed by atoms with Gasteiger partial charge in [-0.3, -0.25) is 5.32 Å². The van der Waals surface area contributed by atoms with E-state index in [0.717, 1.165) is 18.5 Å². The van der Waals surface area contributed by atoms with E-state index in [2.05, 4.69) is 27.5 Å². The van der Waals surface area contributed by atoms with Crippen molar-refractivity contribution in [2.45, 2.75) is 18.9 Å². The van der Waals surface area contributed by atoms with Gasteiger partial charge in [-0.25, -0.2) is 9.78 Å². The van der Waals surface area contributed by atoms with Crippen molar-refractivity contribution in [1.82, 2.24) is 10.3 Å². The molecule has 1 aliphatic rings. The smallest absolute Gasteiger partial charge is 0.320 e. The molecule has 0 aromatic carbocycles. The molecule has 0 bridgehead atoms. The molecule has 0 aliphatic heterocycles. The third kappa shape index (κ3) is 3.79. The molecule has 1 heterocycles. The van der Waals surface area contributed by atoms with Crippen molar-refractivity contribution in [3.63, 3.8) is 0 Å². The zero-order chi connectivity index (χ0) is 12.1. The van der Waals surface area contributed by atoms with Gasteiger partial charge in [0, 0.05) is 12.6 Å². The number of hydrogen-bond acceptors (Lipinski definition) is 3. The molecular formula is C12H16N4O. The largest absolute Gasteiger partial charge is 0.380 e. The van der Waals surface area contributed by atoms with Gasteiger partial charge in [-0.05, 0) is 25.0 Å². The highest BCUT2D eigenvalue weighted by molar-refractivity contribution is 5.88. The summed E-state index contributed by atoms with van der Waals surface area (Å²) in [4.78, 5) is 15.6. The lowest BCUT2D eigenvalue weighted by Crippen LogP contribution is -2.30. The van der Waals surface area contributed by atoms with Crippen LogP contribution in [0.15, 0.2) is 31.0 Å². The highest BCUT2D eigenvalue weighted by Gasteiger charge is 2.23. The summed E-state index contributed by atoms with van der Waals surface area (Å²) >= 11 is 0. The highest BCUT2D eigenvalue weighted by atomic mass is 16.2. The van der Waals surface area contributed by atoms with Gasteiger partial charge in [-0.1, -0.05) is 6.08 Å². The summed E-state index contributed by atoms with van der Waals surface area (Å²) in [5, 5.41) is 8.63. The van der Waals surface area contributed by atoms with Crippen LogP contribution < -0.4 is 16.0 Å². The summed E-state index contributed by atoms with van der Waals surface area (Å²) in [7, 11) is 0. The molecule has 1 aliphatic carbocycles. The van der Waals surface area contributed by atoms with Gasteiger partial charge < -0.3 is 10.6 Å². The molecule has 90 valence electrons. The zero-order valence-electron chi connectivity index (χ0n) is 9.57. The summed E-state index contributed by atoms with van der Waals surface area (Å²) in [6, 6.07) is 3.79. The van der Waals surface area contributed by atoms with Gasteiger partial charge in [0.1, 0.15) is 5.82 Å². The molecular weight excluding hydrogens is 216 g/mol. The van der Waals surface area contributed by atoms with Crippen molar-refractivity contribution in [2.24, 2.45) is 0 Å². The molecule has 0 spiro atoms. The number of nitrogens with zero attached hydrogens (tertiary/aromatic N) is 1. The summed E-state index contributed by atoms with van der Waals surface area (Å²) in [6.07, 6.45) is 5.60. The molecule has 1 aromatic rings. The van der Waals surface area contributed by atoms with Crippen molar-refractivity contribution in [3.8, 4) is 0 Å². The lowest BCUT2D eigenvalue weighted by Gasteiger charge is -2.07. The number of amides is 2. The second-order valence-electron chi connectivity index (χ2n) is 3.97. The lowest BCUT2D eigenvalue weighted by molar-refractivity contribution is 0.251. The van der Waals surface area contributed by atoms with E-state index in [1.165, 1.54) is 0 Å². The van der Waals surface area contributed by atoms with Gasteiger partial charge in [0.2, 0.25) is 0 Å². The SMILES string of the molecule is C=CCNc1ccc(NC(=O)NC2CC2)nc1. The minimum absolute atomic E-state index is 0.188. The third-order valence-corrected chi connectivity index (χ3v) is 2.37. The minimum atomic E-state index is -0.188. The van der Waals surface area contributed by atoms with Gasteiger partial charge >= 0.3 is 6.03 Å². The van der Waals surface area contributed by atoms with Crippen LogP contribution in [0.1, 0.15) is 12.8 Å². The predicted octanol–water partition coefficient (Wildman–Crippen LogP) is 1.96. The number of anilines is 2. The number of nitrogens with one attached hydrogen (secondary N) is 3. The topological polar surface area (TPSA) is 66.0 Å². The van der Waals surface area contributed by atoms with Crippen LogP contribution in [0.25, 0.3) is 0 Å². The van der Waals surface area contributed by atoms with E-state index in [-0.39, 0.29) is 6.03 Å². The van der Waals surface area contributed by atoms with Crippen LogP contribution in [0.5, 0.6) is 0 Å². The Hall–Kier alpha value is -2.04. The molecule has 17 heavy (non-hydrogen) atoms. The van der Waals surface area contributed by atoms with Crippen LogP contribution >= 0.6 is 0 Å². The number of aromatic nitrogens is 1. The van der Waals surface area contributed by atoms with Crippen molar-refractivity contribution in [3.05, 3.63) is 31.0 Å². The number of carbonyl (C=O) groups excluding carboxylic acids is 1. The van der Waals surface area contributed by atoms with E-state index < -0.39 is 0 Å². The van der Waals surface area contributed by atoms with E-state index in [4.69, 9.17) is 0 Å². The van der Waals surface area contributed by atoms with Gasteiger partial charge in [0.15, 0.2) is 0 Å². The molecule has 2 rings (SSSR count). The van der Waals surface area contributed by atoms with Crippen LogP contribution in [-0.2, 0) is 0 Å². The maximum absolute atomic E-state index is 11.4. The fourth-order valence-electron chi connectivity index (χ4n) is 1.33. The van der Waals surface area contributed by atoms with E-state index in [1.54, 1.807) is 18.3 Å². The number of rotatable bonds is 5. The van der Waals surface area contributed by atoms with Crippen LogP contribution in [0.3, 0.4) is 0 Å². The van der Waals surface area contributed by atoms with Crippen LogP contribution in [0.4, 0.5) is 16.3 Å². The van der Waals surface area contributed by atoms with Crippen LogP contribution in [0, 0.1) is 0 Å².